The first-order valence-electron chi connectivity index (χ1n) is 5.01. The zero-order valence-electron chi connectivity index (χ0n) is 8.94. The summed E-state index contributed by atoms with van der Waals surface area (Å²) in [4.78, 5) is 3.97. The molecule has 0 unspecified atom stereocenters. The minimum absolute atomic E-state index is 0.0527. The van der Waals surface area contributed by atoms with E-state index in [2.05, 4.69) is 26.1 Å². The van der Waals surface area contributed by atoms with Gasteiger partial charge in [0, 0.05) is 0 Å². The first-order valence-corrected chi connectivity index (χ1v) is 5.80. The second-order valence-electron chi connectivity index (χ2n) is 3.50. The average molecular weight is 316 g/mol. The van der Waals surface area contributed by atoms with Crippen LogP contribution in [0.15, 0.2) is 15.1 Å². The van der Waals surface area contributed by atoms with E-state index < -0.39 is 5.82 Å². The zero-order valence-corrected chi connectivity index (χ0v) is 10.5. The van der Waals surface area contributed by atoms with Crippen LogP contribution >= 0.6 is 15.9 Å². The van der Waals surface area contributed by atoms with Gasteiger partial charge in [0.15, 0.2) is 17.3 Å². The van der Waals surface area contributed by atoms with Gasteiger partial charge in [0.05, 0.1) is 12.1 Å². The summed E-state index contributed by atoms with van der Waals surface area (Å²) >= 11 is 3.11. The summed E-state index contributed by atoms with van der Waals surface area (Å²) in [5, 5.41) is 3.66. The minimum Gasteiger partial charge on any atom is -0.454 e. The van der Waals surface area contributed by atoms with Gasteiger partial charge < -0.3 is 19.7 Å². The molecule has 1 aromatic carbocycles. The molecule has 0 amide bonds. The van der Waals surface area contributed by atoms with Crippen molar-refractivity contribution in [2.75, 3.05) is 6.79 Å². The molecule has 8 heteroatoms. The second kappa shape index (κ2) is 4.21. The van der Waals surface area contributed by atoms with E-state index in [1.54, 1.807) is 0 Å². The number of hydrogen-bond donors (Lipinski definition) is 1. The van der Waals surface area contributed by atoms with Crippen molar-refractivity contribution in [3.8, 4) is 22.9 Å². The first kappa shape index (κ1) is 11.4. The Kier molecular flexibility index (Phi) is 2.67. The second-order valence-corrected chi connectivity index (χ2v) is 4.29. The van der Waals surface area contributed by atoms with Crippen molar-refractivity contribution in [1.82, 2.24) is 10.1 Å². The van der Waals surface area contributed by atoms with E-state index in [4.69, 9.17) is 19.7 Å². The van der Waals surface area contributed by atoms with Crippen LogP contribution in [0.25, 0.3) is 11.4 Å². The van der Waals surface area contributed by atoms with E-state index in [0.29, 0.717) is 11.5 Å². The first-order chi connectivity index (χ1) is 8.70. The van der Waals surface area contributed by atoms with Crippen molar-refractivity contribution < 1.29 is 18.4 Å². The van der Waals surface area contributed by atoms with Crippen LogP contribution in [0.3, 0.4) is 0 Å². The van der Waals surface area contributed by atoms with Crippen molar-refractivity contribution in [2.45, 2.75) is 6.54 Å². The van der Waals surface area contributed by atoms with Gasteiger partial charge in [-0.2, -0.15) is 4.98 Å². The van der Waals surface area contributed by atoms with Crippen molar-refractivity contribution >= 4 is 15.9 Å². The molecule has 2 heterocycles. The molecule has 1 aliphatic heterocycles. The topological polar surface area (TPSA) is 83.4 Å². The van der Waals surface area contributed by atoms with E-state index in [0.717, 1.165) is 0 Å². The van der Waals surface area contributed by atoms with E-state index in [1.165, 1.54) is 6.07 Å². The third kappa shape index (κ3) is 1.65. The van der Waals surface area contributed by atoms with Crippen molar-refractivity contribution in [3.05, 3.63) is 22.2 Å². The Labute approximate surface area is 109 Å². The SMILES string of the molecule is NCc1nc(-c2cc3c(c(Br)c2F)OCO3)no1. The van der Waals surface area contributed by atoms with Crippen LogP contribution in [0, 0.1) is 5.82 Å². The molecule has 1 aromatic heterocycles. The van der Waals surface area contributed by atoms with E-state index in [9.17, 15) is 4.39 Å². The van der Waals surface area contributed by atoms with Gasteiger partial charge in [0.2, 0.25) is 18.5 Å². The number of benzene rings is 1. The smallest absolute Gasteiger partial charge is 0.240 e. The number of nitrogens with two attached hydrogens (primary N) is 1. The number of rotatable bonds is 2. The van der Waals surface area contributed by atoms with E-state index >= 15 is 0 Å². The summed E-state index contributed by atoms with van der Waals surface area (Å²) in [6.45, 7) is 0.150. The molecule has 0 radical (unpaired) electrons. The lowest BCUT2D eigenvalue weighted by Gasteiger charge is -2.04. The largest absolute Gasteiger partial charge is 0.454 e. The number of fused-ring (bicyclic) bond motifs is 1. The minimum atomic E-state index is -0.538. The highest BCUT2D eigenvalue weighted by atomic mass is 79.9. The predicted octanol–water partition coefficient (Wildman–Crippen LogP) is 1.83. The highest BCUT2D eigenvalue weighted by Crippen LogP contribution is 2.44. The molecule has 0 fully saturated rings. The molecule has 3 rings (SSSR count). The van der Waals surface area contributed by atoms with E-state index in [-0.39, 0.29) is 35.1 Å². The zero-order chi connectivity index (χ0) is 12.7. The Morgan fingerprint density at radius 1 is 1.44 bits per heavy atom. The fraction of sp³-hybridized carbons (Fsp3) is 0.200. The quantitative estimate of drug-likeness (QED) is 0.910. The number of halogens is 2. The summed E-state index contributed by atoms with van der Waals surface area (Å²) in [5.74, 6) is 0.574. The maximum atomic E-state index is 14.1. The van der Waals surface area contributed by atoms with Crippen LogP contribution < -0.4 is 15.2 Å². The Morgan fingerprint density at radius 2 is 2.28 bits per heavy atom. The Bertz CT molecular complexity index is 617. The van der Waals surface area contributed by atoms with Gasteiger partial charge in [-0.15, -0.1) is 0 Å². The van der Waals surface area contributed by atoms with Gasteiger partial charge >= 0.3 is 0 Å². The molecule has 0 saturated carbocycles. The van der Waals surface area contributed by atoms with Gasteiger partial charge in [-0.25, -0.2) is 4.39 Å². The molecule has 6 nitrogen and oxygen atoms in total. The summed E-state index contributed by atoms with van der Waals surface area (Å²) in [7, 11) is 0. The number of ether oxygens (including phenoxy) is 2. The van der Waals surface area contributed by atoms with Gasteiger partial charge in [-0.1, -0.05) is 5.16 Å². The Hall–Kier alpha value is -1.67. The lowest BCUT2D eigenvalue weighted by atomic mass is 10.2. The monoisotopic (exact) mass is 315 g/mol. The molecule has 0 bridgehead atoms. The van der Waals surface area contributed by atoms with Crippen molar-refractivity contribution in [3.63, 3.8) is 0 Å². The van der Waals surface area contributed by atoms with Gasteiger partial charge in [0.1, 0.15) is 4.47 Å². The van der Waals surface area contributed by atoms with Crippen molar-refractivity contribution in [1.29, 1.82) is 0 Å². The number of nitrogens with zero attached hydrogens (tertiary/aromatic N) is 2. The molecule has 1 aliphatic rings. The summed E-state index contributed by atoms with van der Waals surface area (Å²) in [6, 6.07) is 1.47. The third-order valence-corrected chi connectivity index (χ3v) is 3.14. The lowest BCUT2D eigenvalue weighted by molar-refractivity contribution is 0.173. The van der Waals surface area contributed by atoms with Crippen LogP contribution in [0.2, 0.25) is 0 Å². The van der Waals surface area contributed by atoms with E-state index in [1.807, 2.05) is 0 Å². The maximum Gasteiger partial charge on any atom is 0.240 e. The van der Waals surface area contributed by atoms with Gasteiger partial charge in [-0.3, -0.25) is 0 Å². The van der Waals surface area contributed by atoms with Crippen molar-refractivity contribution in [2.24, 2.45) is 5.73 Å². The molecule has 2 aromatic rings. The third-order valence-electron chi connectivity index (χ3n) is 2.43. The molecule has 0 saturated heterocycles. The van der Waals surface area contributed by atoms with Gasteiger partial charge in [-0.05, 0) is 22.0 Å². The van der Waals surface area contributed by atoms with Crippen LogP contribution in [0.4, 0.5) is 4.39 Å². The van der Waals surface area contributed by atoms with Crippen LogP contribution in [-0.2, 0) is 6.54 Å². The normalized spacial score (nSPS) is 13.1. The van der Waals surface area contributed by atoms with Crippen LogP contribution in [0.5, 0.6) is 11.5 Å². The molecule has 94 valence electrons. The summed E-state index contributed by atoms with van der Waals surface area (Å²) in [5.41, 5.74) is 5.52. The Balaban J connectivity index is 2.15. The maximum absolute atomic E-state index is 14.1. The molecular formula is C10H7BrFN3O3. The summed E-state index contributed by atoms with van der Waals surface area (Å²) in [6.07, 6.45) is 0. The molecule has 0 spiro atoms. The number of aromatic nitrogens is 2. The highest BCUT2D eigenvalue weighted by molar-refractivity contribution is 9.10. The number of hydrogen-bond acceptors (Lipinski definition) is 6. The molecule has 0 atom stereocenters. The Morgan fingerprint density at radius 3 is 3.00 bits per heavy atom. The molecule has 2 N–H and O–H groups in total. The average Bonchev–Trinajstić information content (AvgIpc) is 3.01. The lowest BCUT2D eigenvalue weighted by Crippen LogP contribution is -1.96. The van der Waals surface area contributed by atoms with Gasteiger partial charge in [0.25, 0.3) is 0 Å². The molecular weight excluding hydrogens is 309 g/mol. The fourth-order valence-corrected chi connectivity index (χ4v) is 2.11. The standard InChI is InChI=1S/C10H7BrFN3O3/c11-7-8(12)4(1-5-9(7)17-3-16-5)10-14-6(2-13)18-15-10/h1H,2-3,13H2. The fourth-order valence-electron chi connectivity index (χ4n) is 1.59. The molecule has 0 aliphatic carbocycles. The summed E-state index contributed by atoms with van der Waals surface area (Å²) < 4.78 is 29.5. The van der Waals surface area contributed by atoms with Crippen LogP contribution in [-0.4, -0.2) is 16.9 Å². The highest BCUT2D eigenvalue weighted by Gasteiger charge is 2.25. The van der Waals surface area contributed by atoms with Crippen LogP contribution in [0.1, 0.15) is 5.89 Å². The predicted molar refractivity (Wildman–Crippen MR) is 61.4 cm³/mol. The molecule has 18 heavy (non-hydrogen) atoms.